The lowest BCUT2D eigenvalue weighted by Crippen LogP contribution is -2.14. The molecule has 1 aromatic carbocycles. The summed E-state index contributed by atoms with van der Waals surface area (Å²) < 4.78 is 31.3. The minimum absolute atomic E-state index is 0.0773. The minimum atomic E-state index is -0.912. The molecule has 2 aromatic rings. The van der Waals surface area contributed by atoms with E-state index in [0.29, 0.717) is 12.0 Å². The van der Waals surface area contributed by atoms with E-state index in [1.807, 2.05) is 0 Å². The van der Waals surface area contributed by atoms with Gasteiger partial charge in [-0.25, -0.2) is 8.78 Å². The summed E-state index contributed by atoms with van der Waals surface area (Å²) in [6, 6.07) is 3.92. The largest absolute Gasteiger partial charge is 0.472 e. The topological polar surface area (TPSA) is 39.2 Å². The molecule has 1 heterocycles. The zero-order valence-electron chi connectivity index (χ0n) is 8.79. The van der Waals surface area contributed by atoms with Crippen LogP contribution in [0.3, 0.4) is 0 Å². The highest BCUT2D eigenvalue weighted by Gasteiger charge is 2.16. The summed E-state index contributed by atoms with van der Waals surface area (Å²) in [6.45, 7) is 0. The van der Waals surface area contributed by atoms with Crippen molar-refractivity contribution in [2.24, 2.45) is 5.73 Å². The molecule has 0 aliphatic carbocycles. The molecular formula is C12H10BrF2NO. The van der Waals surface area contributed by atoms with Gasteiger partial charge in [-0.15, -0.1) is 0 Å². The summed E-state index contributed by atoms with van der Waals surface area (Å²) in [4.78, 5) is 0. The first kappa shape index (κ1) is 12.3. The molecule has 0 radical (unpaired) electrons. The number of benzene rings is 1. The van der Waals surface area contributed by atoms with Crippen LogP contribution in [0.15, 0.2) is 39.6 Å². The van der Waals surface area contributed by atoms with Crippen molar-refractivity contribution in [3.8, 4) is 0 Å². The Kier molecular flexibility index (Phi) is 3.59. The third kappa shape index (κ3) is 2.56. The second kappa shape index (κ2) is 4.98. The lowest BCUT2D eigenvalue weighted by molar-refractivity contribution is 0.499. The highest BCUT2D eigenvalue weighted by atomic mass is 79.9. The lowest BCUT2D eigenvalue weighted by Gasteiger charge is -2.13. The van der Waals surface area contributed by atoms with Crippen LogP contribution in [0.4, 0.5) is 8.78 Å². The molecule has 0 bridgehead atoms. The maximum atomic E-state index is 13.3. The Labute approximate surface area is 106 Å². The van der Waals surface area contributed by atoms with Crippen LogP contribution >= 0.6 is 15.9 Å². The highest BCUT2D eigenvalue weighted by Crippen LogP contribution is 2.28. The predicted octanol–water partition coefficient (Wildman–Crippen LogP) is 3.56. The van der Waals surface area contributed by atoms with Crippen molar-refractivity contribution in [2.45, 2.75) is 12.5 Å². The molecular weight excluding hydrogens is 292 g/mol. The number of nitrogens with two attached hydrogens (primary N) is 1. The van der Waals surface area contributed by atoms with Gasteiger partial charge in [-0.2, -0.15) is 0 Å². The van der Waals surface area contributed by atoms with Crippen LogP contribution in [-0.4, -0.2) is 0 Å². The Bertz CT molecular complexity index is 513. The summed E-state index contributed by atoms with van der Waals surface area (Å²) in [7, 11) is 0. The molecule has 2 nitrogen and oxygen atoms in total. The number of furan rings is 1. The van der Waals surface area contributed by atoms with Crippen LogP contribution < -0.4 is 5.73 Å². The monoisotopic (exact) mass is 301 g/mol. The molecule has 2 N–H and O–H groups in total. The molecule has 2 rings (SSSR count). The smallest absolute Gasteiger partial charge is 0.173 e. The highest BCUT2D eigenvalue weighted by molar-refractivity contribution is 9.10. The van der Waals surface area contributed by atoms with Crippen LogP contribution in [0.5, 0.6) is 0 Å². The van der Waals surface area contributed by atoms with Crippen molar-refractivity contribution in [3.63, 3.8) is 0 Å². The van der Waals surface area contributed by atoms with E-state index in [9.17, 15) is 8.78 Å². The summed E-state index contributed by atoms with van der Waals surface area (Å²) in [5.74, 6) is -1.80. The van der Waals surface area contributed by atoms with Crippen molar-refractivity contribution in [3.05, 3.63) is 58.0 Å². The van der Waals surface area contributed by atoms with Gasteiger partial charge < -0.3 is 10.2 Å². The molecule has 90 valence electrons. The molecule has 0 amide bonds. The first-order chi connectivity index (χ1) is 8.09. The van der Waals surface area contributed by atoms with Gasteiger partial charge in [0.15, 0.2) is 11.6 Å². The molecule has 5 heteroatoms. The van der Waals surface area contributed by atoms with Gasteiger partial charge in [0, 0.05) is 6.04 Å². The lowest BCUT2D eigenvalue weighted by atomic mass is 10.0. The Morgan fingerprint density at radius 1 is 1.29 bits per heavy atom. The molecule has 1 aromatic heterocycles. The number of halogens is 3. The zero-order valence-corrected chi connectivity index (χ0v) is 10.4. The molecule has 0 aliphatic rings. The van der Waals surface area contributed by atoms with Crippen molar-refractivity contribution in [1.29, 1.82) is 0 Å². The SMILES string of the molecule is NC(Cc1ccoc1)c1ccc(F)c(F)c1Br. The van der Waals surface area contributed by atoms with Crippen molar-refractivity contribution in [1.82, 2.24) is 0 Å². The summed E-state index contributed by atoms with van der Waals surface area (Å²) in [5, 5.41) is 0. The van der Waals surface area contributed by atoms with Gasteiger partial charge in [0.25, 0.3) is 0 Å². The van der Waals surface area contributed by atoms with Gasteiger partial charge in [0.2, 0.25) is 0 Å². The summed E-state index contributed by atoms with van der Waals surface area (Å²) >= 11 is 3.02. The van der Waals surface area contributed by atoms with Crippen LogP contribution in [0.25, 0.3) is 0 Å². The fourth-order valence-electron chi connectivity index (χ4n) is 1.60. The van der Waals surface area contributed by atoms with Gasteiger partial charge in [0.05, 0.1) is 17.0 Å². The fraction of sp³-hybridized carbons (Fsp3) is 0.167. The van der Waals surface area contributed by atoms with Crippen LogP contribution in [0.1, 0.15) is 17.2 Å². The number of rotatable bonds is 3. The van der Waals surface area contributed by atoms with Crippen molar-refractivity contribution >= 4 is 15.9 Å². The zero-order chi connectivity index (χ0) is 12.4. The van der Waals surface area contributed by atoms with E-state index in [2.05, 4.69) is 15.9 Å². The van der Waals surface area contributed by atoms with Crippen LogP contribution in [0.2, 0.25) is 0 Å². The van der Waals surface area contributed by atoms with Gasteiger partial charge >= 0.3 is 0 Å². The van der Waals surface area contributed by atoms with E-state index in [4.69, 9.17) is 10.2 Å². The Balaban J connectivity index is 2.25. The minimum Gasteiger partial charge on any atom is -0.472 e. The summed E-state index contributed by atoms with van der Waals surface area (Å²) in [6.07, 6.45) is 3.62. The third-order valence-corrected chi connectivity index (χ3v) is 3.31. The van der Waals surface area contributed by atoms with E-state index in [1.54, 1.807) is 18.6 Å². The Morgan fingerprint density at radius 2 is 2.06 bits per heavy atom. The number of hydrogen-bond donors (Lipinski definition) is 1. The second-order valence-electron chi connectivity index (χ2n) is 3.71. The maximum Gasteiger partial charge on any atom is 0.173 e. The van der Waals surface area contributed by atoms with Crippen LogP contribution in [0, 0.1) is 11.6 Å². The molecule has 1 unspecified atom stereocenters. The van der Waals surface area contributed by atoms with E-state index in [1.165, 1.54) is 6.07 Å². The van der Waals surface area contributed by atoms with Crippen molar-refractivity contribution < 1.29 is 13.2 Å². The first-order valence-electron chi connectivity index (χ1n) is 4.99. The molecule has 0 spiro atoms. The normalized spacial score (nSPS) is 12.7. The Morgan fingerprint density at radius 3 is 2.71 bits per heavy atom. The molecule has 17 heavy (non-hydrogen) atoms. The average molecular weight is 302 g/mol. The van der Waals surface area contributed by atoms with Crippen LogP contribution in [-0.2, 0) is 6.42 Å². The average Bonchev–Trinajstić information content (AvgIpc) is 2.78. The van der Waals surface area contributed by atoms with E-state index < -0.39 is 17.7 Å². The quantitative estimate of drug-likeness (QED) is 0.880. The van der Waals surface area contributed by atoms with Gasteiger partial charge in [0.1, 0.15) is 0 Å². The summed E-state index contributed by atoms with van der Waals surface area (Å²) in [5.41, 5.74) is 7.39. The second-order valence-corrected chi connectivity index (χ2v) is 4.50. The molecule has 0 saturated heterocycles. The Hall–Kier alpha value is -1.20. The standard InChI is InChI=1S/C12H10BrF2NO/c13-11-8(1-2-9(14)12(11)15)10(16)5-7-3-4-17-6-7/h1-4,6,10H,5,16H2. The third-order valence-electron chi connectivity index (χ3n) is 2.50. The predicted molar refractivity (Wildman–Crippen MR) is 63.4 cm³/mol. The first-order valence-corrected chi connectivity index (χ1v) is 5.79. The van der Waals surface area contributed by atoms with E-state index >= 15 is 0 Å². The molecule has 0 aliphatic heterocycles. The molecule has 0 saturated carbocycles. The number of hydrogen-bond acceptors (Lipinski definition) is 2. The van der Waals surface area contributed by atoms with Gasteiger partial charge in [-0.3, -0.25) is 0 Å². The van der Waals surface area contributed by atoms with Gasteiger partial charge in [-0.05, 0) is 45.6 Å². The van der Waals surface area contributed by atoms with E-state index in [0.717, 1.165) is 11.6 Å². The van der Waals surface area contributed by atoms with Gasteiger partial charge in [-0.1, -0.05) is 6.07 Å². The molecule has 0 fully saturated rings. The van der Waals surface area contributed by atoms with E-state index in [-0.39, 0.29) is 4.47 Å². The fourth-order valence-corrected chi connectivity index (χ4v) is 2.22. The maximum absolute atomic E-state index is 13.3. The molecule has 1 atom stereocenters. The van der Waals surface area contributed by atoms with Crippen molar-refractivity contribution in [2.75, 3.05) is 0 Å².